The molecular formula is C27H28N2O8. The molecule has 0 bridgehead atoms. The van der Waals surface area contributed by atoms with E-state index < -0.39 is 47.9 Å². The Morgan fingerprint density at radius 2 is 1.49 bits per heavy atom. The van der Waals surface area contributed by atoms with Crippen molar-refractivity contribution in [2.24, 2.45) is 0 Å². The van der Waals surface area contributed by atoms with Gasteiger partial charge in [-0.3, -0.25) is 14.4 Å². The van der Waals surface area contributed by atoms with Crippen LogP contribution in [0.15, 0.2) is 48.5 Å². The van der Waals surface area contributed by atoms with E-state index in [1.54, 1.807) is 20.8 Å². The van der Waals surface area contributed by atoms with E-state index in [0.717, 1.165) is 22.3 Å². The monoisotopic (exact) mass is 508 g/mol. The second-order valence-electron chi connectivity index (χ2n) is 9.81. The average molecular weight is 509 g/mol. The highest BCUT2D eigenvalue weighted by molar-refractivity contribution is 6.02. The first-order chi connectivity index (χ1) is 17.5. The number of nitrogens with zero attached hydrogens (tertiary/aromatic N) is 1. The zero-order valence-electron chi connectivity index (χ0n) is 20.8. The van der Waals surface area contributed by atoms with Crippen LogP contribution in [0.3, 0.4) is 0 Å². The van der Waals surface area contributed by atoms with Crippen molar-refractivity contribution in [3.8, 4) is 11.1 Å². The zero-order valence-corrected chi connectivity index (χ0v) is 20.8. The number of alkyl carbamates (subject to hydrolysis) is 1. The number of imide groups is 1. The minimum absolute atomic E-state index is 0.0167. The van der Waals surface area contributed by atoms with Crippen LogP contribution >= 0.6 is 0 Å². The van der Waals surface area contributed by atoms with Crippen LogP contribution in [0.2, 0.25) is 0 Å². The summed E-state index contributed by atoms with van der Waals surface area (Å²) in [6.45, 7) is 4.94. The maximum atomic E-state index is 12.8. The summed E-state index contributed by atoms with van der Waals surface area (Å²) < 4.78 is 10.7. The number of esters is 1. The summed E-state index contributed by atoms with van der Waals surface area (Å²) in [4.78, 5) is 66.5. The molecule has 4 rings (SSSR count). The summed E-state index contributed by atoms with van der Waals surface area (Å²) in [5.74, 6) is -3.53. The minimum atomic E-state index is -1.55. The van der Waals surface area contributed by atoms with Crippen molar-refractivity contribution in [2.75, 3.05) is 6.61 Å². The van der Waals surface area contributed by atoms with E-state index in [1.165, 1.54) is 0 Å². The number of hydrogen-bond donors (Lipinski definition) is 1. The van der Waals surface area contributed by atoms with Crippen LogP contribution in [-0.2, 0) is 33.5 Å². The Kier molecular flexibility index (Phi) is 7.28. The molecule has 2 aliphatic rings. The van der Waals surface area contributed by atoms with Gasteiger partial charge in [-0.1, -0.05) is 48.5 Å². The standard InChI is InChI=1S/C27H28N2O8/c1-27(2,3)36-24(32)14-21(25(33)37-29-22(30)12-13-23(29)31)28-26(34)35-15-20-18-10-6-4-8-16(18)17-9-5-7-11-19(17)20/h4-11,20-21H,12-15H2,1-3H3,(H,28,34). The first-order valence-corrected chi connectivity index (χ1v) is 11.9. The van der Waals surface area contributed by atoms with E-state index in [-0.39, 0.29) is 25.4 Å². The Balaban J connectivity index is 1.45. The lowest BCUT2D eigenvalue weighted by atomic mass is 9.98. The van der Waals surface area contributed by atoms with Crippen molar-refractivity contribution in [1.29, 1.82) is 0 Å². The molecule has 3 amide bonds. The molecule has 0 saturated carbocycles. The molecule has 0 aromatic heterocycles. The topological polar surface area (TPSA) is 128 Å². The van der Waals surface area contributed by atoms with Gasteiger partial charge in [-0.05, 0) is 43.0 Å². The lowest BCUT2D eigenvalue weighted by Crippen LogP contribution is -2.47. The second kappa shape index (κ2) is 10.4. The van der Waals surface area contributed by atoms with Gasteiger partial charge in [-0.15, -0.1) is 5.06 Å². The Labute approximate surface area is 213 Å². The Hall–Kier alpha value is -4.21. The summed E-state index contributed by atoms with van der Waals surface area (Å²) >= 11 is 0. The predicted molar refractivity (Wildman–Crippen MR) is 130 cm³/mol. The van der Waals surface area contributed by atoms with Crippen LogP contribution in [0.25, 0.3) is 11.1 Å². The van der Waals surface area contributed by atoms with E-state index in [0.29, 0.717) is 5.06 Å². The molecule has 10 nitrogen and oxygen atoms in total. The first-order valence-electron chi connectivity index (χ1n) is 11.9. The van der Waals surface area contributed by atoms with Crippen LogP contribution in [0.1, 0.15) is 57.1 Å². The van der Waals surface area contributed by atoms with E-state index in [4.69, 9.17) is 14.3 Å². The fourth-order valence-electron chi connectivity index (χ4n) is 4.34. The summed E-state index contributed by atoms with van der Waals surface area (Å²) in [5, 5.41) is 2.67. The number of benzene rings is 2. The van der Waals surface area contributed by atoms with E-state index in [1.807, 2.05) is 48.5 Å². The predicted octanol–water partition coefficient (Wildman–Crippen LogP) is 3.23. The molecule has 0 spiro atoms. The molecule has 1 N–H and O–H groups in total. The third-order valence-corrected chi connectivity index (χ3v) is 5.90. The molecule has 1 aliphatic heterocycles. The van der Waals surface area contributed by atoms with Gasteiger partial charge >= 0.3 is 18.0 Å². The zero-order chi connectivity index (χ0) is 26.7. The van der Waals surface area contributed by atoms with Gasteiger partial charge < -0.3 is 19.6 Å². The number of fused-ring (bicyclic) bond motifs is 3. The highest BCUT2D eigenvalue weighted by Gasteiger charge is 2.37. The van der Waals surface area contributed by atoms with Gasteiger partial charge in [-0.25, -0.2) is 9.59 Å². The van der Waals surface area contributed by atoms with Crippen LogP contribution in [0, 0.1) is 0 Å². The van der Waals surface area contributed by atoms with E-state index in [9.17, 15) is 24.0 Å². The molecule has 194 valence electrons. The van der Waals surface area contributed by atoms with Gasteiger partial charge in [0.25, 0.3) is 11.8 Å². The Morgan fingerprint density at radius 1 is 0.946 bits per heavy atom. The van der Waals surface area contributed by atoms with Crippen molar-refractivity contribution in [2.45, 2.75) is 57.6 Å². The number of carbonyl (C=O) groups excluding carboxylic acids is 5. The van der Waals surface area contributed by atoms with Crippen molar-refractivity contribution in [3.05, 3.63) is 59.7 Å². The minimum Gasteiger partial charge on any atom is -0.460 e. The maximum absolute atomic E-state index is 12.8. The van der Waals surface area contributed by atoms with Crippen molar-refractivity contribution < 1.29 is 38.3 Å². The largest absolute Gasteiger partial charge is 0.460 e. The molecule has 1 aliphatic carbocycles. The van der Waals surface area contributed by atoms with Gasteiger partial charge in [0.2, 0.25) is 0 Å². The second-order valence-corrected chi connectivity index (χ2v) is 9.81. The van der Waals surface area contributed by atoms with E-state index >= 15 is 0 Å². The molecule has 1 fully saturated rings. The average Bonchev–Trinajstić information content (AvgIpc) is 3.33. The van der Waals surface area contributed by atoms with Crippen molar-refractivity contribution in [3.63, 3.8) is 0 Å². The summed E-state index contributed by atoms with van der Waals surface area (Å²) in [6.07, 6.45) is -1.74. The quantitative estimate of drug-likeness (QED) is 0.446. The number of nitrogens with one attached hydrogen (secondary N) is 1. The number of hydroxylamine groups is 2. The maximum Gasteiger partial charge on any atom is 0.407 e. The number of hydrogen-bond acceptors (Lipinski definition) is 8. The normalized spacial score (nSPS) is 15.6. The summed E-state index contributed by atoms with van der Waals surface area (Å²) in [5.41, 5.74) is 3.28. The SMILES string of the molecule is CC(C)(C)OC(=O)CC(NC(=O)OCC1c2ccccc2-c2ccccc21)C(=O)ON1C(=O)CCC1=O. The highest BCUT2D eigenvalue weighted by atomic mass is 16.7. The molecule has 1 atom stereocenters. The Bertz CT molecular complexity index is 1190. The number of rotatable bonds is 7. The third kappa shape index (κ3) is 5.96. The molecule has 10 heteroatoms. The smallest absolute Gasteiger partial charge is 0.407 e. The van der Waals surface area contributed by atoms with Crippen molar-refractivity contribution in [1.82, 2.24) is 10.4 Å². The molecule has 37 heavy (non-hydrogen) atoms. The van der Waals surface area contributed by atoms with Gasteiger partial charge in [0.1, 0.15) is 18.2 Å². The number of amides is 3. The van der Waals surface area contributed by atoms with E-state index in [2.05, 4.69) is 5.32 Å². The molecule has 1 unspecified atom stereocenters. The Morgan fingerprint density at radius 3 is 2.03 bits per heavy atom. The van der Waals surface area contributed by atoms with Gasteiger partial charge in [0.05, 0.1) is 6.42 Å². The van der Waals surface area contributed by atoms with Crippen LogP contribution in [0.5, 0.6) is 0 Å². The van der Waals surface area contributed by atoms with Gasteiger partial charge in [0.15, 0.2) is 0 Å². The van der Waals surface area contributed by atoms with Crippen LogP contribution in [-0.4, -0.2) is 53.2 Å². The third-order valence-electron chi connectivity index (χ3n) is 5.90. The van der Waals surface area contributed by atoms with Crippen LogP contribution in [0.4, 0.5) is 4.79 Å². The van der Waals surface area contributed by atoms with Crippen LogP contribution < -0.4 is 5.32 Å². The molecule has 2 aromatic carbocycles. The van der Waals surface area contributed by atoms with Gasteiger partial charge in [0, 0.05) is 18.8 Å². The lowest BCUT2D eigenvalue weighted by Gasteiger charge is -2.23. The molecular weight excluding hydrogens is 480 g/mol. The highest BCUT2D eigenvalue weighted by Crippen LogP contribution is 2.44. The fourth-order valence-corrected chi connectivity index (χ4v) is 4.34. The first kappa shape index (κ1) is 25.9. The molecule has 0 radical (unpaired) electrons. The molecule has 2 aromatic rings. The number of ether oxygens (including phenoxy) is 2. The summed E-state index contributed by atoms with van der Waals surface area (Å²) in [7, 11) is 0. The van der Waals surface area contributed by atoms with Crippen molar-refractivity contribution >= 4 is 29.8 Å². The fraction of sp³-hybridized carbons (Fsp3) is 0.370. The summed E-state index contributed by atoms with van der Waals surface area (Å²) in [6, 6.07) is 14.1. The molecule has 1 saturated heterocycles. The molecule has 1 heterocycles. The number of carbonyl (C=O) groups is 5. The van der Waals surface area contributed by atoms with Gasteiger partial charge in [-0.2, -0.15) is 0 Å². The lowest BCUT2D eigenvalue weighted by molar-refractivity contribution is -0.199.